The monoisotopic (exact) mass is 451 g/mol. The number of phenols is 1. The van der Waals surface area contributed by atoms with Crippen molar-refractivity contribution in [3.63, 3.8) is 0 Å². The topological polar surface area (TPSA) is 92.2 Å². The van der Waals surface area contributed by atoms with Gasteiger partial charge in [-0.05, 0) is 43.3 Å². The largest absolute Gasteiger partial charge is 0.507 e. The summed E-state index contributed by atoms with van der Waals surface area (Å²) in [6.07, 6.45) is 0. The number of sulfonamides is 1. The lowest BCUT2D eigenvalue weighted by atomic mass is 10.1. The quantitative estimate of drug-likeness (QED) is 0.430. The Balaban J connectivity index is 1.84. The van der Waals surface area contributed by atoms with Crippen molar-refractivity contribution < 1.29 is 13.5 Å². The number of hydrogen-bond donors (Lipinski definition) is 2. The van der Waals surface area contributed by atoms with E-state index in [-0.39, 0.29) is 16.6 Å². The van der Waals surface area contributed by atoms with Gasteiger partial charge in [0.25, 0.3) is 10.0 Å². The first-order valence-corrected chi connectivity index (χ1v) is 11.2. The molecule has 0 fully saturated rings. The molecule has 0 aliphatic rings. The average Bonchev–Trinajstić information content (AvgIpc) is 2.76. The van der Waals surface area contributed by atoms with Gasteiger partial charge in [-0.3, -0.25) is 0 Å². The van der Waals surface area contributed by atoms with E-state index in [1.807, 2.05) is 37.3 Å². The summed E-state index contributed by atoms with van der Waals surface area (Å²) in [7, 11) is -3.91. The Kier molecular flexibility index (Phi) is 5.63. The van der Waals surface area contributed by atoms with Crippen LogP contribution in [0.2, 0.25) is 5.02 Å². The molecule has 2 N–H and O–H groups in total. The molecule has 0 amide bonds. The molecule has 0 bridgehead atoms. The number of benzene rings is 3. The lowest BCUT2D eigenvalue weighted by Crippen LogP contribution is -2.15. The maximum atomic E-state index is 12.9. The molecule has 0 unspecified atom stereocenters. The maximum Gasteiger partial charge on any atom is 0.264 e. The Morgan fingerprint density at radius 3 is 2.26 bits per heavy atom. The molecule has 0 saturated carbocycles. The van der Waals surface area contributed by atoms with Gasteiger partial charge in [-0.1, -0.05) is 59.6 Å². The number of phenolic OH excluding ortho intramolecular Hbond substituents is 1. The molecule has 156 valence electrons. The summed E-state index contributed by atoms with van der Waals surface area (Å²) in [6, 6.07) is 22.0. The minimum atomic E-state index is -3.91. The second-order valence-corrected chi connectivity index (χ2v) is 9.03. The highest BCUT2D eigenvalue weighted by Gasteiger charge is 2.18. The van der Waals surface area contributed by atoms with E-state index in [4.69, 9.17) is 11.6 Å². The van der Waals surface area contributed by atoms with Gasteiger partial charge in [-0.25, -0.2) is 23.1 Å². The Bertz CT molecular complexity index is 1340. The number of anilines is 1. The summed E-state index contributed by atoms with van der Waals surface area (Å²) in [6.45, 7) is 1.88. The summed E-state index contributed by atoms with van der Waals surface area (Å²) in [5.41, 5.74) is 2.90. The SMILES string of the molecule is Cc1ccc(S(=O)(=O)Nc2nc(-c3ccccc3)cc(-c3cc(Cl)ccc3O)n2)cc1. The third-order valence-corrected chi connectivity index (χ3v) is 6.17. The van der Waals surface area contributed by atoms with Crippen molar-refractivity contribution in [2.75, 3.05) is 4.72 Å². The summed E-state index contributed by atoms with van der Waals surface area (Å²) < 4.78 is 28.2. The number of aryl methyl sites for hydroxylation is 1. The number of aromatic nitrogens is 2. The molecule has 4 rings (SSSR count). The zero-order chi connectivity index (χ0) is 22.0. The van der Waals surface area contributed by atoms with Gasteiger partial charge in [0.1, 0.15) is 5.75 Å². The second kappa shape index (κ2) is 8.37. The molecule has 1 heterocycles. The van der Waals surface area contributed by atoms with Crippen LogP contribution in [0.4, 0.5) is 5.95 Å². The summed E-state index contributed by atoms with van der Waals surface area (Å²) in [5.74, 6) is -0.147. The molecule has 0 aliphatic carbocycles. The highest BCUT2D eigenvalue weighted by molar-refractivity contribution is 7.92. The van der Waals surface area contributed by atoms with E-state index in [9.17, 15) is 13.5 Å². The van der Waals surface area contributed by atoms with Crippen LogP contribution in [0, 0.1) is 6.92 Å². The Hall–Kier alpha value is -3.42. The van der Waals surface area contributed by atoms with Gasteiger partial charge >= 0.3 is 0 Å². The number of nitrogens with zero attached hydrogens (tertiary/aromatic N) is 2. The normalized spacial score (nSPS) is 11.3. The first kappa shape index (κ1) is 20.8. The fraction of sp³-hybridized carbons (Fsp3) is 0.0435. The fourth-order valence-electron chi connectivity index (χ4n) is 3.00. The number of halogens is 1. The van der Waals surface area contributed by atoms with E-state index in [2.05, 4.69) is 14.7 Å². The van der Waals surface area contributed by atoms with Crippen LogP contribution in [-0.4, -0.2) is 23.5 Å². The lowest BCUT2D eigenvalue weighted by molar-refractivity contribution is 0.477. The van der Waals surface area contributed by atoms with Crippen LogP contribution >= 0.6 is 11.6 Å². The number of nitrogens with one attached hydrogen (secondary N) is 1. The van der Waals surface area contributed by atoms with Crippen LogP contribution < -0.4 is 4.72 Å². The van der Waals surface area contributed by atoms with Gasteiger partial charge in [0.05, 0.1) is 16.3 Å². The maximum absolute atomic E-state index is 12.9. The van der Waals surface area contributed by atoms with Crippen molar-refractivity contribution in [3.05, 3.63) is 89.4 Å². The number of hydrogen-bond acceptors (Lipinski definition) is 5. The van der Waals surface area contributed by atoms with E-state index in [1.165, 1.54) is 18.2 Å². The summed E-state index contributed by atoms with van der Waals surface area (Å²) in [5, 5.41) is 10.7. The molecule has 31 heavy (non-hydrogen) atoms. The fourth-order valence-corrected chi connectivity index (χ4v) is 4.11. The van der Waals surface area contributed by atoms with Gasteiger partial charge in [0.2, 0.25) is 5.95 Å². The van der Waals surface area contributed by atoms with Crippen molar-refractivity contribution >= 4 is 27.6 Å². The minimum Gasteiger partial charge on any atom is -0.507 e. The molecule has 0 spiro atoms. The van der Waals surface area contributed by atoms with Crippen molar-refractivity contribution in [3.8, 4) is 28.3 Å². The molecule has 0 saturated heterocycles. The van der Waals surface area contributed by atoms with Crippen molar-refractivity contribution in [1.29, 1.82) is 0 Å². The molecule has 6 nitrogen and oxygen atoms in total. The van der Waals surface area contributed by atoms with Crippen molar-refractivity contribution in [2.45, 2.75) is 11.8 Å². The predicted molar refractivity (Wildman–Crippen MR) is 122 cm³/mol. The molecular formula is C23H18ClN3O3S. The van der Waals surface area contributed by atoms with Crippen LogP contribution in [0.15, 0.2) is 83.8 Å². The van der Waals surface area contributed by atoms with E-state index in [0.717, 1.165) is 11.1 Å². The van der Waals surface area contributed by atoms with Gasteiger partial charge in [0, 0.05) is 16.1 Å². The number of rotatable bonds is 5. The smallest absolute Gasteiger partial charge is 0.264 e. The lowest BCUT2D eigenvalue weighted by Gasteiger charge is -2.12. The molecule has 8 heteroatoms. The first-order valence-electron chi connectivity index (χ1n) is 9.35. The molecule has 4 aromatic rings. The summed E-state index contributed by atoms with van der Waals surface area (Å²) in [4.78, 5) is 8.83. The van der Waals surface area contributed by atoms with Crippen LogP contribution in [-0.2, 0) is 10.0 Å². The van der Waals surface area contributed by atoms with Crippen LogP contribution in [0.5, 0.6) is 5.75 Å². The van der Waals surface area contributed by atoms with Gasteiger partial charge < -0.3 is 5.11 Å². The third-order valence-electron chi connectivity index (χ3n) is 4.59. The molecule has 1 aromatic heterocycles. The summed E-state index contributed by atoms with van der Waals surface area (Å²) >= 11 is 6.10. The van der Waals surface area contributed by atoms with Crippen molar-refractivity contribution in [1.82, 2.24) is 9.97 Å². The van der Waals surface area contributed by atoms with E-state index in [0.29, 0.717) is 22.0 Å². The zero-order valence-electron chi connectivity index (χ0n) is 16.4. The molecule has 0 radical (unpaired) electrons. The highest BCUT2D eigenvalue weighted by Crippen LogP contribution is 2.33. The van der Waals surface area contributed by atoms with Crippen LogP contribution in [0.3, 0.4) is 0 Å². The number of aromatic hydroxyl groups is 1. The van der Waals surface area contributed by atoms with Gasteiger partial charge in [-0.2, -0.15) is 0 Å². The first-order chi connectivity index (χ1) is 14.8. The van der Waals surface area contributed by atoms with E-state index < -0.39 is 10.0 Å². The zero-order valence-corrected chi connectivity index (χ0v) is 18.0. The highest BCUT2D eigenvalue weighted by atomic mass is 35.5. The van der Waals surface area contributed by atoms with E-state index in [1.54, 1.807) is 30.3 Å². The molecule has 0 atom stereocenters. The molecular weight excluding hydrogens is 434 g/mol. The van der Waals surface area contributed by atoms with Crippen LogP contribution in [0.25, 0.3) is 22.5 Å². The van der Waals surface area contributed by atoms with Crippen molar-refractivity contribution in [2.24, 2.45) is 0 Å². The van der Waals surface area contributed by atoms with Gasteiger partial charge in [0.15, 0.2) is 0 Å². The third kappa shape index (κ3) is 4.68. The predicted octanol–water partition coefficient (Wildman–Crippen LogP) is 5.28. The minimum absolute atomic E-state index is 0.0329. The Labute approximate surface area is 185 Å². The average molecular weight is 452 g/mol. The van der Waals surface area contributed by atoms with Gasteiger partial charge in [-0.15, -0.1) is 0 Å². The molecule has 0 aliphatic heterocycles. The van der Waals surface area contributed by atoms with Crippen LogP contribution in [0.1, 0.15) is 5.56 Å². The second-order valence-electron chi connectivity index (χ2n) is 6.91. The Morgan fingerprint density at radius 1 is 0.871 bits per heavy atom. The standard InChI is InChI=1S/C23H18ClN3O3S/c1-15-7-10-18(11-8-15)31(29,30)27-23-25-20(16-5-3-2-4-6-16)14-21(26-23)19-13-17(24)9-12-22(19)28/h2-14,28H,1H3,(H,25,26,27). The van der Waals surface area contributed by atoms with E-state index >= 15 is 0 Å². The molecule has 3 aromatic carbocycles. The Morgan fingerprint density at radius 2 is 1.55 bits per heavy atom.